The van der Waals surface area contributed by atoms with E-state index in [2.05, 4.69) is 30.8 Å². The third-order valence-corrected chi connectivity index (χ3v) is 2.58. The minimum Gasteiger partial charge on any atom is -0.372 e. The van der Waals surface area contributed by atoms with Gasteiger partial charge in [0, 0.05) is 25.0 Å². The predicted molar refractivity (Wildman–Crippen MR) is 57.4 cm³/mol. The second-order valence-corrected chi connectivity index (χ2v) is 3.59. The first kappa shape index (κ1) is 10.3. The van der Waals surface area contributed by atoms with Crippen LogP contribution >= 0.6 is 11.6 Å². The molecule has 0 aliphatic rings. The average Bonchev–Trinajstić information content (AvgIpc) is 2.15. The molecular formula is C10H15ClN2. The van der Waals surface area contributed by atoms with E-state index in [1.165, 1.54) is 0 Å². The Morgan fingerprint density at radius 3 is 2.85 bits per heavy atom. The number of hydrogen-bond donors (Lipinski definition) is 0. The van der Waals surface area contributed by atoms with Gasteiger partial charge in [-0.2, -0.15) is 0 Å². The maximum absolute atomic E-state index is 5.80. The van der Waals surface area contributed by atoms with Crippen molar-refractivity contribution in [1.29, 1.82) is 0 Å². The molecule has 1 aromatic heterocycles. The highest BCUT2D eigenvalue weighted by Crippen LogP contribution is 2.18. The molecular weight excluding hydrogens is 184 g/mol. The van der Waals surface area contributed by atoms with Crippen molar-refractivity contribution >= 4 is 17.3 Å². The maximum Gasteiger partial charge on any atom is 0.131 e. The van der Waals surface area contributed by atoms with Crippen molar-refractivity contribution in [2.45, 2.75) is 26.3 Å². The van der Waals surface area contributed by atoms with Gasteiger partial charge in [0.25, 0.3) is 0 Å². The summed E-state index contributed by atoms with van der Waals surface area (Å²) in [4.78, 5) is 6.15. The first-order chi connectivity index (χ1) is 6.15. The summed E-state index contributed by atoms with van der Waals surface area (Å²) < 4.78 is 0. The molecule has 1 atom stereocenters. The molecule has 1 heterocycles. The second kappa shape index (κ2) is 4.47. The van der Waals surface area contributed by atoms with Crippen molar-refractivity contribution in [2.75, 3.05) is 11.9 Å². The molecule has 0 saturated carbocycles. The first-order valence-electron chi connectivity index (χ1n) is 4.49. The van der Waals surface area contributed by atoms with Crippen LogP contribution in [0.5, 0.6) is 0 Å². The first-order valence-corrected chi connectivity index (χ1v) is 4.87. The Kier molecular flexibility index (Phi) is 3.55. The molecule has 2 nitrogen and oxygen atoms in total. The molecule has 0 aliphatic heterocycles. The van der Waals surface area contributed by atoms with Gasteiger partial charge in [0.15, 0.2) is 0 Å². The van der Waals surface area contributed by atoms with E-state index < -0.39 is 0 Å². The summed E-state index contributed by atoms with van der Waals surface area (Å²) in [5.41, 5.74) is 1.12. The van der Waals surface area contributed by atoms with Crippen LogP contribution < -0.4 is 4.90 Å². The van der Waals surface area contributed by atoms with Crippen LogP contribution in [0.3, 0.4) is 0 Å². The summed E-state index contributed by atoms with van der Waals surface area (Å²) in [7, 11) is 2.07. The molecule has 1 rings (SSSR count). The zero-order valence-corrected chi connectivity index (χ0v) is 9.04. The summed E-state index contributed by atoms with van der Waals surface area (Å²) >= 11 is 5.80. The fourth-order valence-electron chi connectivity index (χ4n) is 1.14. The molecule has 72 valence electrons. The van der Waals surface area contributed by atoms with Crippen LogP contribution in [0, 0.1) is 0 Å². The Bertz CT molecular complexity index is 275. The third-order valence-electron chi connectivity index (χ3n) is 2.37. The van der Waals surface area contributed by atoms with Crippen LogP contribution in [0.25, 0.3) is 0 Å². The molecule has 0 spiro atoms. The number of rotatable bonds is 3. The lowest BCUT2D eigenvalue weighted by Gasteiger charge is -2.25. The van der Waals surface area contributed by atoms with E-state index in [0.29, 0.717) is 11.2 Å². The van der Waals surface area contributed by atoms with Crippen molar-refractivity contribution < 1.29 is 0 Å². The lowest BCUT2D eigenvalue weighted by Crippen LogP contribution is -2.27. The molecule has 1 unspecified atom stereocenters. The highest BCUT2D eigenvalue weighted by molar-refractivity contribution is 6.29. The minimum atomic E-state index is 0.526. The molecule has 0 N–H and O–H groups in total. The van der Waals surface area contributed by atoms with Gasteiger partial charge in [-0.25, -0.2) is 4.98 Å². The number of pyridine rings is 1. The molecule has 0 saturated heterocycles. The monoisotopic (exact) mass is 198 g/mol. The van der Waals surface area contributed by atoms with Crippen LogP contribution in [0.4, 0.5) is 5.69 Å². The van der Waals surface area contributed by atoms with Gasteiger partial charge in [-0.3, -0.25) is 0 Å². The van der Waals surface area contributed by atoms with E-state index in [9.17, 15) is 0 Å². The summed E-state index contributed by atoms with van der Waals surface area (Å²) in [6.45, 7) is 4.36. The fraction of sp³-hybridized carbons (Fsp3) is 0.500. The maximum atomic E-state index is 5.80. The Morgan fingerprint density at radius 2 is 2.31 bits per heavy atom. The number of halogens is 1. The largest absolute Gasteiger partial charge is 0.372 e. The Balaban J connectivity index is 2.82. The lowest BCUT2D eigenvalue weighted by atomic mass is 10.2. The quantitative estimate of drug-likeness (QED) is 0.695. The zero-order valence-electron chi connectivity index (χ0n) is 8.29. The standard InChI is InChI=1S/C10H15ClN2/c1-4-8(2)13(3)9-5-6-12-10(11)7-9/h5-8H,4H2,1-3H3. The van der Waals surface area contributed by atoms with Crippen LogP contribution in [0.15, 0.2) is 18.3 Å². The Labute approximate surface area is 84.5 Å². The number of nitrogens with zero attached hydrogens (tertiary/aromatic N) is 2. The normalized spacial score (nSPS) is 12.6. The topological polar surface area (TPSA) is 16.1 Å². The van der Waals surface area contributed by atoms with Crippen LogP contribution in [-0.4, -0.2) is 18.1 Å². The highest BCUT2D eigenvalue weighted by Gasteiger charge is 2.07. The molecule has 3 heteroatoms. The van der Waals surface area contributed by atoms with E-state index >= 15 is 0 Å². The van der Waals surface area contributed by atoms with Gasteiger partial charge in [0.2, 0.25) is 0 Å². The van der Waals surface area contributed by atoms with E-state index in [1.54, 1.807) is 6.20 Å². The van der Waals surface area contributed by atoms with Gasteiger partial charge in [-0.1, -0.05) is 18.5 Å². The van der Waals surface area contributed by atoms with Crippen molar-refractivity contribution in [2.24, 2.45) is 0 Å². The molecule has 0 aromatic carbocycles. The Hall–Kier alpha value is -0.760. The van der Waals surface area contributed by atoms with Crippen LogP contribution in [-0.2, 0) is 0 Å². The smallest absolute Gasteiger partial charge is 0.131 e. The highest BCUT2D eigenvalue weighted by atomic mass is 35.5. The van der Waals surface area contributed by atoms with Gasteiger partial charge in [-0.15, -0.1) is 0 Å². The van der Waals surface area contributed by atoms with E-state index in [-0.39, 0.29) is 0 Å². The summed E-state index contributed by atoms with van der Waals surface area (Å²) in [6, 6.07) is 4.38. The van der Waals surface area contributed by atoms with Gasteiger partial charge in [-0.05, 0) is 25.5 Å². The molecule has 0 aliphatic carbocycles. The lowest BCUT2D eigenvalue weighted by molar-refractivity contribution is 0.663. The third kappa shape index (κ3) is 2.59. The van der Waals surface area contributed by atoms with Crippen molar-refractivity contribution in [3.05, 3.63) is 23.5 Å². The number of hydrogen-bond acceptors (Lipinski definition) is 2. The number of anilines is 1. The minimum absolute atomic E-state index is 0.526. The molecule has 0 fully saturated rings. The molecule has 0 bridgehead atoms. The van der Waals surface area contributed by atoms with Crippen molar-refractivity contribution in [1.82, 2.24) is 4.98 Å². The van der Waals surface area contributed by atoms with E-state index in [4.69, 9.17) is 11.6 Å². The van der Waals surface area contributed by atoms with Gasteiger partial charge in [0.1, 0.15) is 5.15 Å². The van der Waals surface area contributed by atoms with Gasteiger partial charge in [0.05, 0.1) is 0 Å². The van der Waals surface area contributed by atoms with Crippen LogP contribution in [0.2, 0.25) is 5.15 Å². The molecule has 0 amide bonds. The van der Waals surface area contributed by atoms with Gasteiger partial charge < -0.3 is 4.90 Å². The van der Waals surface area contributed by atoms with Gasteiger partial charge >= 0.3 is 0 Å². The van der Waals surface area contributed by atoms with Crippen LogP contribution in [0.1, 0.15) is 20.3 Å². The summed E-state index contributed by atoms with van der Waals surface area (Å²) in [5, 5.41) is 0.549. The Morgan fingerprint density at radius 1 is 1.62 bits per heavy atom. The molecule has 1 aromatic rings. The zero-order chi connectivity index (χ0) is 9.84. The van der Waals surface area contributed by atoms with Crippen molar-refractivity contribution in [3.8, 4) is 0 Å². The summed E-state index contributed by atoms with van der Waals surface area (Å²) in [6.07, 6.45) is 2.85. The molecule has 13 heavy (non-hydrogen) atoms. The average molecular weight is 199 g/mol. The van der Waals surface area contributed by atoms with E-state index in [1.807, 2.05) is 12.1 Å². The summed E-state index contributed by atoms with van der Waals surface area (Å²) in [5.74, 6) is 0. The second-order valence-electron chi connectivity index (χ2n) is 3.20. The van der Waals surface area contributed by atoms with Crippen molar-refractivity contribution in [3.63, 3.8) is 0 Å². The fourth-order valence-corrected chi connectivity index (χ4v) is 1.31. The number of aromatic nitrogens is 1. The predicted octanol–water partition coefficient (Wildman–Crippen LogP) is 2.97. The SMILES string of the molecule is CCC(C)N(C)c1ccnc(Cl)c1. The molecule has 0 radical (unpaired) electrons. The van der Waals surface area contributed by atoms with E-state index in [0.717, 1.165) is 12.1 Å².